The summed E-state index contributed by atoms with van der Waals surface area (Å²) in [6.45, 7) is 4.37. The lowest BCUT2D eigenvalue weighted by Crippen LogP contribution is -2.35. The van der Waals surface area contributed by atoms with Crippen LogP contribution in [0.1, 0.15) is 22.0 Å². The molecule has 3 aromatic heterocycles. The van der Waals surface area contributed by atoms with Crippen LogP contribution in [-0.2, 0) is 19.5 Å². The highest BCUT2D eigenvalue weighted by Gasteiger charge is 2.21. The van der Waals surface area contributed by atoms with E-state index in [9.17, 15) is 4.79 Å². The average molecular weight is 343 g/mol. The molecule has 1 N–H and O–H groups in total. The Morgan fingerprint density at radius 1 is 1.30 bits per heavy atom. The van der Waals surface area contributed by atoms with Gasteiger partial charge >= 0.3 is 0 Å². The zero-order valence-corrected chi connectivity index (χ0v) is 14.5. The summed E-state index contributed by atoms with van der Waals surface area (Å²) in [6.07, 6.45) is 0.850. The van der Waals surface area contributed by atoms with E-state index in [0.29, 0.717) is 12.4 Å². The number of H-pyrrole nitrogens is 1. The van der Waals surface area contributed by atoms with E-state index < -0.39 is 0 Å². The van der Waals surface area contributed by atoms with Gasteiger partial charge < -0.3 is 4.98 Å². The Hall–Kier alpha value is -1.76. The van der Waals surface area contributed by atoms with Crippen molar-refractivity contribution >= 4 is 22.7 Å². The number of aromatic nitrogens is 2. The average Bonchev–Trinajstić information content (AvgIpc) is 3.19. The van der Waals surface area contributed by atoms with E-state index in [4.69, 9.17) is 0 Å². The van der Waals surface area contributed by atoms with Crippen LogP contribution in [0.15, 0.2) is 34.4 Å². The summed E-state index contributed by atoms with van der Waals surface area (Å²) < 4.78 is 0. The Labute approximate surface area is 142 Å². The smallest absolute Gasteiger partial charge is 0.255 e. The molecule has 23 heavy (non-hydrogen) atoms. The van der Waals surface area contributed by atoms with Gasteiger partial charge in [-0.15, -0.1) is 22.7 Å². The Morgan fingerprint density at radius 2 is 2.22 bits per heavy atom. The summed E-state index contributed by atoms with van der Waals surface area (Å²) >= 11 is 3.61. The zero-order valence-electron chi connectivity index (χ0n) is 12.8. The van der Waals surface area contributed by atoms with Crippen LogP contribution in [-0.4, -0.2) is 21.4 Å². The third-order valence-electron chi connectivity index (χ3n) is 4.07. The van der Waals surface area contributed by atoms with Gasteiger partial charge in [0.05, 0.1) is 11.3 Å². The van der Waals surface area contributed by atoms with Crippen molar-refractivity contribution in [3.05, 3.63) is 62.0 Å². The maximum absolute atomic E-state index is 12.1. The topological polar surface area (TPSA) is 49.0 Å². The molecule has 0 spiro atoms. The minimum absolute atomic E-state index is 0.0163. The molecule has 0 aliphatic carbocycles. The molecule has 0 radical (unpaired) electrons. The highest BCUT2D eigenvalue weighted by molar-refractivity contribution is 7.21. The van der Waals surface area contributed by atoms with Crippen LogP contribution >= 0.6 is 22.7 Å². The number of thiophene rings is 2. The minimum Gasteiger partial charge on any atom is -0.310 e. The highest BCUT2D eigenvalue weighted by Crippen LogP contribution is 2.32. The number of aryl methyl sites for hydroxylation is 1. The predicted octanol–water partition coefficient (Wildman–Crippen LogP) is 3.43. The molecule has 3 aromatic rings. The van der Waals surface area contributed by atoms with Gasteiger partial charge in [-0.1, -0.05) is 6.07 Å². The first-order chi connectivity index (χ1) is 11.2. The molecule has 0 saturated carbocycles. The summed E-state index contributed by atoms with van der Waals surface area (Å²) in [4.78, 5) is 25.7. The lowest BCUT2D eigenvalue weighted by molar-refractivity contribution is 0.243. The largest absolute Gasteiger partial charge is 0.310 e. The summed E-state index contributed by atoms with van der Waals surface area (Å²) in [5.41, 5.74) is 1.81. The van der Waals surface area contributed by atoms with Crippen LogP contribution in [0.25, 0.3) is 9.75 Å². The van der Waals surface area contributed by atoms with Gasteiger partial charge in [0.15, 0.2) is 0 Å². The first-order valence-electron chi connectivity index (χ1n) is 7.62. The molecule has 4 nitrogen and oxygen atoms in total. The molecule has 118 valence electrons. The Kier molecular flexibility index (Phi) is 3.88. The molecule has 0 atom stereocenters. The zero-order chi connectivity index (χ0) is 15.8. The Bertz CT molecular complexity index is 880. The molecule has 1 aliphatic rings. The number of rotatable bonds is 3. The first-order valence-corrected chi connectivity index (χ1v) is 9.32. The van der Waals surface area contributed by atoms with Gasteiger partial charge in [0.2, 0.25) is 0 Å². The molecular weight excluding hydrogens is 326 g/mol. The summed E-state index contributed by atoms with van der Waals surface area (Å²) in [5.74, 6) is 0.709. The summed E-state index contributed by atoms with van der Waals surface area (Å²) in [7, 11) is 0. The summed E-state index contributed by atoms with van der Waals surface area (Å²) in [5, 5.41) is 2.11. The van der Waals surface area contributed by atoms with Gasteiger partial charge in [0.1, 0.15) is 5.82 Å². The molecule has 0 fully saturated rings. The molecular formula is C17H17N3OS2. The quantitative estimate of drug-likeness (QED) is 0.793. The number of aromatic amines is 1. The number of nitrogens with one attached hydrogen (secondary N) is 1. The van der Waals surface area contributed by atoms with Crippen molar-refractivity contribution in [3.63, 3.8) is 0 Å². The maximum Gasteiger partial charge on any atom is 0.255 e. The van der Waals surface area contributed by atoms with Crippen molar-refractivity contribution in [2.45, 2.75) is 26.4 Å². The van der Waals surface area contributed by atoms with Gasteiger partial charge in [0.25, 0.3) is 5.56 Å². The van der Waals surface area contributed by atoms with E-state index >= 15 is 0 Å². The van der Waals surface area contributed by atoms with Gasteiger partial charge in [-0.2, -0.15) is 0 Å². The number of hydrogen-bond acceptors (Lipinski definition) is 5. The third kappa shape index (κ3) is 3.02. The van der Waals surface area contributed by atoms with Crippen molar-refractivity contribution < 1.29 is 0 Å². The minimum atomic E-state index is 0.0163. The van der Waals surface area contributed by atoms with E-state index in [2.05, 4.69) is 44.5 Å². The first kappa shape index (κ1) is 14.8. The van der Waals surface area contributed by atoms with Crippen molar-refractivity contribution in [3.8, 4) is 9.75 Å². The highest BCUT2D eigenvalue weighted by atomic mass is 32.1. The van der Waals surface area contributed by atoms with Crippen LogP contribution in [0.5, 0.6) is 0 Å². The Balaban J connectivity index is 1.51. The predicted molar refractivity (Wildman–Crippen MR) is 95.0 cm³/mol. The fourth-order valence-corrected chi connectivity index (χ4v) is 4.86. The van der Waals surface area contributed by atoms with Crippen molar-refractivity contribution in [2.24, 2.45) is 0 Å². The van der Waals surface area contributed by atoms with E-state index in [1.807, 2.05) is 18.3 Å². The molecule has 0 unspecified atom stereocenters. The van der Waals surface area contributed by atoms with Gasteiger partial charge in [-0.05, 0) is 30.5 Å². The van der Waals surface area contributed by atoms with Crippen LogP contribution in [0.3, 0.4) is 0 Å². The molecule has 1 aliphatic heterocycles. The molecule has 0 saturated heterocycles. The summed E-state index contributed by atoms with van der Waals surface area (Å²) in [6, 6.07) is 8.64. The standard InChI is InChI=1S/C17H17N3OS2/c1-11-18-14-6-7-20(10-13(14)17(21)19-11)9-12-4-5-16(23-12)15-3-2-8-22-15/h2-5,8H,6-7,9-10H2,1H3,(H,18,19,21). The van der Waals surface area contributed by atoms with Crippen molar-refractivity contribution in [2.75, 3.05) is 6.54 Å². The van der Waals surface area contributed by atoms with Crippen LogP contribution in [0.2, 0.25) is 0 Å². The van der Waals surface area contributed by atoms with Gasteiger partial charge in [0, 0.05) is 40.7 Å². The van der Waals surface area contributed by atoms with Crippen molar-refractivity contribution in [1.82, 2.24) is 14.9 Å². The lowest BCUT2D eigenvalue weighted by atomic mass is 10.1. The van der Waals surface area contributed by atoms with Crippen LogP contribution in [0, 0.1) is 6.92 Å². The van der Waals surface area contributed by atoms with Crippen molar-refractivity contribution in [1.29, 1.82) is 0 Å². The SMILES string of the molecule is Cc1nc2c(c(=O)[nH]1)CN(Cc1ccc(-c3cccs3)s1)CC2. The van der Waals surface area contributed by atoms with Crippen LogP contribution in [0.4, 0.5) is 0 Å². The second-order valence-electron chi connectivity index (χ2n) is 5.78. The second kappa shape index (κ2) is 6.03. The fourth-order valence-electron chi connectivity index (χ4n) is 2.97. The second-order valence-corrected chi connectivity index (χ2v) is 7.90. The Morgan fingerprint density at radius 3 is 3.04 bits per heavy atom. The van der Waals surface area contributed by atoms with E-state index in [1.165, 1.54) is 14.6 Å². The van der Waals surface area contributed by atoms with E-state index in [0.717, 1.165) is 30.8 Å². The van der Waals surface area contributed by atoms with Crippen LogP contribution < -0.4 is 5.56 Å². The van der Waals surface area contributed by atoms with Gasteiger partial charge in [-0.3, -0.25) is 9.69 Å². The fraction of sp³-hybridized carbons (Fsp3) is 0.294. The monoisotopic (exact) mass is 343 g/mol. The maximum atomic E-state index is 12.1. The number of hydrogen-bond donors (Lipinski definition) is 1. The molecule has 0 aromatic carbocycles. The normalized spacial score (nSPS) is 14.8. The molecule has 0 bridgehead atoms. The van der Waals surface area contributed by atoms with Gasteiger partial charge in [-0.25, -0.2) is 4.98 Å². The molecule has 0 amide bonds. The molecule has 6 heteroatoms. The van der Waals surface area contributed by atoms with E-state index in [1.54, 1.807) is 11.3 Å². The number of fused-ring (bicyclic) bond motifs is 1. The van der Waals surface area contributed by atoms with E-state index in [-0.39, 0.29) is 5.56 Å². The lowest BCUT2D eigenvalue weighted by Gasteiger charge is -2.27. The molecule has 4 rings (SSSR count). The number of nitrogens with zero attached hydrogens (tertiary/aromatic N) is 2. The third-order valence-corrected chi connectivity index (χ3v) is 6.21. The molecule has 4 heterocycles.